The molecule has 0 aliphatic carbocycles. The van der Waals surface area contributed by atoms with Gasteiger partial charge in [-0.1, -0.05) is 24.1 Å². The summed E-state index contributed by atoms with van der Waals surface area (Å²) in [6.07, 6.45) is 6.73. The first-order chi connectivity index (χ1) is 14.5. The average molecular weight is 407 g/mol. The molecule has 2 rings (SSSR count). The van der Waals surface area contributed by atoms with E-state index in [4.69, 9.17) is 15.9 Å². The minimum absolute atomic E-state index is 0.00655. The van der Waals surface area contributed by atoms with Crippen LogP contribution in [0.25, 0.3) is 0 Å². The lowest BCUT2D eigenvalue weighted by atomic mass is 10.1. The van der Waals surface area contributed by atoms with Crippen LogP contribution in [0.5, 0.6) is 11.5 Å². The first kappa shape index (κ1) is 22.5. The maximum atomic E-state index is 12.1. The first-order valence-corrected chi connectivity index (χ1v) is 9.37. The Labute approximate surface area is 176 Å². The van der Waals surface area contributed by atoms with E-state index in [2.05, 4.69) is 21.8 Å². The predicted octanol–water partition coefficient (Wildman–Crippen LogP) is 3.19. The Bertz CT molecular complexity index is 977. The number of para-hydroxylation sites is 1. The maximum Gasteiger partial charge on any atom is 0.240 e. The lowest BCUT2D eigenvalue weighted by Gasteiger charge is -2.11. The van der Waals surface area contributed by atoms with Crippen LogP contribution in [0.15, 0.2) is 41.5 Å². The van der Waals surface area contributed by atoms with Gasteiger partial charge in [-0.15, -0.1) is 6.42 Å². The van der Waals surface area contributed by atoms with Crippen molar-refractivity contribution in [3.05, 3.63) is 53.1 Å². The maximum absolute atomic E-state index is 12.1. The van der Waals surface area contributed by atoms with Crippen molar-refractivity contribution in [1.82, 2.24) is 5.43 Å². The van der Waals surface area contributed by atoms with E-state index in [1.165, 1.54) is 13.3 Å². The number of hydrogen-bond acceptors (Lipinski definition) is 5. The zero-order valence-electron chi connectivity index (χ0n) is 17.3. The first-order valence-electron chi connectivity index (χ1n) is 9.37. The number of aryl methyl sites for hydroxylation is 1. The highest BCUT2D eigenvalue weighted by atomic mass is 16.5. The van der Waals surface area contributed by atoms with Crippen molar-refractivity contribution in [2.75, 3.05) is 19.0 Å². The van der Waals surface area contributed by atoms with Gasteiger partial charge in [-0.2, -0.15) is 5.10 Å². The van der Waals surface area contributed by atoms with Gasteiger partial charge >= 0.3 is 0 Å². The highest BCUT2D eigenvalue weighted by Crippen LogP contribution is 2.29. The molecule has 0 aromatic heterocycles. The molecule has 2 N–H and O–H groups in total. The Morgan fingerprint density at radius 2 is 1.87 bits per heavy atom. The number of terminal acetylenes is 1. The molecule has 2 aromatic carbocycles. The SMILES string of the molecule is C#CCOc1c(C=NNC(=O)CCC(=O)Nc2cccc(C)c2C)cccc1OC. The quantitative estimate of drug-likeness (QED) is 0.380. The number of hydrogen-bond donors (Lipinski definition) is 2. The van der Waals surface area contributed by atoms with E-state index in [1.807, 2.05) is 32.0 Å². The highest BCUT2D eigenvalue weighted by molar-refractivity contribution is 5.94. The van der Waals surface area contributed by atoms with Crippen LogP contribution in [0.1, 0.15) is 29.5 Å². The Morgan fingerprint density at radius 1 is 1.13 bits per heavy atom. The topological polar surface area (TPSA) is 89.0 Å². The molecule has 0 fully saturated rings. The van der Waals surface area contributed by atoms with Crippen molar-refractivity contribution in [3.63, 3.8) is 0 Å². The molecule has 0 heterocycles. The van der Waals surface area contributed by atoms with Crippen molar-refractivity contribution in [2.24, 2.45) is 5.10 Å². The fraction of sp³-hybridized carbons (Fsp3) is 0.261. The molecule has 2 aromatic rings. The molecule has 0 saturated heterocycles. The molecule has 2 amide bonds. The van der Waals surface area contributed by atoms with E-state index in [1.54, 1.807) is 18.2 Å². The largest absolute Gasteiger partial charge is 0.493 e. The summed E-state index contributed by atoms with van der Waals surface area (Å²) in [5.74, 6) is 2.71. The molecule has 0 saturated carbocycles. The fourth-order valence-electron chi connectivity index (χ4n) is 2.62. The molecule has 156 valence electrons. The molecular weight excluding hydrogens is 382 g/mol. The molecule has 0 radical (unpaired) electrons. The summed E-state index contributed by atoms with van der Waals surface area (Å²) in [5.41, 5.74) is 5.83. The van der Waals surface area contributed by atoms with Gasteiger partial charge in [-0.05, 0) is 43.2 Å². The van der Waals surface area contributed by atoms with Crippen molar-refractivity contribution in [3.8, 4) is 23.8 Å². The van der Waals surface area contributed by atoms with Gasteiger partial charge in [0.2, 0.25) is 11.8 Å². The number of carbonyl (C=O) groups is 2. The Balaban J connectivity index is 1.89. The third kappa shape index (κ3) is 6.38. The normalized spacial score (nSPS) is 10.3. The third-order valence-corrected chi connectivity index (χ3v) is 4.38. The van der Waals surface area contributed by atoms with Crippen LogP contribution in [0.2, 0.25) is 0 Å². The summed E-state index contributed by atoms with van der Waals surface area (Å²) in [6.45, 7) is 3.98. The molecule has 30 heavy (non-hydrogen) atoms. The predicted molar refractivity (Wildman–Crippen MR) is 117 cm³/mol. The molecule has 7 heteroatoms. The molecule has 0 aliphatic heterocycles. The van der Waals surface area contributed by atoms with E-state index in [-0.39, 0.29) is 31.3 Å². The second-order valence-electron chi connectivity index (χ2n) is 6.46. The summed E-state index contributed by atoms with van der Waals surface area (Å²) >= 11 is 0. The molecule has 0 bridgehead atoms. The lowest BCUT2D eigenvalue weighted by Crippen LogP contribution is -2.21. The van der Waals surface area contributed by atoms with E-state index < -0.39 is 0 Å². The second-order valence-corrected chi connectivity index (χ2v) is 6.46. The molecule has 0 atom stereocenters. The summed E-state index contributed by atoms with van der Waals surface area (Å²) in [7, 11) is 1.52. The van der Waals surface area contributed by atoms with Crippen LogP contribution in [0, 0.1) is 26.2 Å². The number of ether oxygens (including phenoxy) is 2. The van der Waals surface area contributed by atoms with E-state index in [0.717, 1.165) is 16.8 Å². The van der Waals surface area contributed by atoms with Gasteiger partial charge in [0.15, 0.2) is 11.5 Å². The Hall–Kier alpha value is -3.79. The monoisotopic (exact) mass is 407 g/mol. The van der Waals surface area contributed by atoms with E-state index in [0.29, 0.717) is 17.1 Å². The second kappa shape index (κ2) is 11.3. The summed E-state index contributed by atoms with van der Waals surface area (Å²) in [5, 5.41) is 6.75. The van der Waals surface area contributed by atoms with Gasteiger partial charge in [-0.3, -0.25) is 9.59 Å². The fourth-order valence-corrected chi connectivity index (χ4v) is 2.62. The van der Waals surface area contributed by atoms with Gasteiger partial charge in [0.05, 0.1) is 13.3 Å². The summed E-state index contributed by atoms with van der Waals surface area (Å²) in [4.78, 5) is 24.1. The average Bonchev–Trinajstić information content (AvgIpc) is 2.74. The van der Waals surface area contributed by atoms with Gasteiger partial charge < -0.3 is 14.8 Å². The minimum Gasteiger partial charge on any atom is -0.493 e. The third-order valence-electron chi connectivity index (χ3n) is 4.38. The smallest absolute Gasteiger partial charge is 0.240 e. The van der Waals surface area contributed by atoms with Crippen molar-refractivity contribution in [1.29, 1.82) is 0 Å². The zero-order chi connectivity index (χ0) is 21.9. The van der Waals surface area contributed by atoms with Gasteiger partial charge in [0.1, 0.15) is 6.61 Å². The number of anilines is 1. The van der Waals surface area contributed by atoms with Crippen LogP contribution in [-0.4, -0.2) is 31.7 Å². The number of amides is 2. The van der Waals surface area contributed by atoms with Crippen LogP contribution in [0.4, 0.5) is 5.69 Å². The molecule has 0 spiro atoms. The van der Waals surface area contributed by atoms with Crippen molar-refractivity contribution >= 4 is 23.7 Å². The highest BCUT2D eigenvalue weighted by Gasteiger charge is 2.10. The molecule has 0 unspecified atom stereocenters. The number of carbonyl (C=O) groups excluding carboxylic acids is 2. The minimum atomic E-state index is -0.378. The number of benzene rings is 2. The number of rotatable bonds is 9. The van der Waals surface area contributed by atoms with Crippen LogP contribution >= 0.6 is 0 Å². The van der Waals surface area contributed by atoms with E-state index in [9.17, 15) is 9.59 Å². The zero-order valence-corrected chi connectivity index (χ0v) is 17.3. The molecule has 0 aliphatic rings. The van der Waals surface area contributed by atoms with Gasteiger partial charge in [0.25, 0.3) is 0 Å². The lowest BCUT2D eigenvalue weighted by molar-refractivity contribution is -0.124. The number of nitrogens with zero attached hydrogens (tertiary/aromatic N) is 1. The molecule has 7 nitrogen and oxygen atoms in total. The standard InChI is InChI=1S/C23H25N3O4/c1-5-14-30-23-18(9-7-11-20(23)29-4)15-24-26-22(28)13-12-21(27)25-19-10-6-8-16(2)17(19)3/h1,6-11,15H,12-14H2,2-4H3,(H,25,27)(H,26,28). The van der Waals surface area contributed by atoms with Crippen LogP contribution in [-0.2, 0) is 9.59 Å². The summed E-state index contributed by atoms with van der Waals surface area (Å²) < 4.78 is 10.8. The Morgan fingerprint density at radius 3 is 2.60 bits per heavy atom. The van der Waals surface area contributed by atoms with Crippen LogP contribution in [0.3, 0.4) is 0 Å². The van der Waals surface area contributed by atoms with Crippen LogP contribution < -0.4 is 20.2 Å². The molecular formula is C23H25N3O4. The van der Waals surface area contributed by atoms with E-state index >= 15 is 0 Å². The number of nitrogens with one attached hydrogen (secondary N) is 2. The van der Waals surface area contributed by atoms with Gasteiger partial charge in [-0.25, -0.2) is 5.43 Å². The van der Waals surface area contributed by atoms with Crippen molar-refractivity contribution < 1.29 is 19.1 Å². The number of methoxy groups -OCH3 is 1. The van der Waals surface area contributed by atoms with Gasteiger partial charge in [0, 0.05) is 24.1 Å². The van der Waals surface area contributed by atoms with Crippen molar-refractivity contribution in [2.45, 2.75) is 26.7 Å². The summed E-state index contributed by atoms with van der Waals surface area (Å²) in [6, 6.07) is 10.9. The number of hydrazone groups is 1. The Kier molecular flexibility index (Phi) is 8.45.